The van der Waals surface area contributed by atoms with Gasteiger partial charge in [0.25, 0.3) is 5.91 Å². The molecule has 2 aromatic rings. The molecule has 0 saturated heterocycles. The fourth-order valence-corrected chi connectivity index (χ4v) is 4.19. The summed E-state index contributed by atoms with van der Waals surface area (Å²) in [5.74, 6) is -0.107. The van der Waals surface area contributed by atoms with Crippen molar-refractivity contribution in [2.45, 2.75) is 37.6 Å². The molecule has 0 spiro atoms. The normalized spacial score (nSPS) is 15.8. The van der Waals surface area contributed by atoms with Gasteiger partial charge in [-0.1, -0.05) is 40.9 Å². The van der Waals surface area contributed by atoms with Gasteiger partial charge >= 0.3 is 0 Å². The first kappa shape index (κ1) is 19.4. The van der Waals surface area contributed by atoms with Crippen LogP contribution < -0.4 is 11.1 Å². The van der Waals surface area contributed by atoms with Crippen molar-refractivity contribution in [1.29, 1.82) is 0 Å². The summed E-state index contributed by atoms with van der Waals surface area (Å²) >= 11 is 4.92. The van der Waals surface area contributed by atoms with Gasteiger partial charge in [0.1, 0.15) is 10.7 Å². The summed E-state index contributed by atoms with van der Waals surface area (Å²) in [4.78, 5) is 16.6. The molecule has 0 bridgehead atoms. The number of nitrogens with two attached hydrogens (primary N) is 1. The Kier molecular flexibility index (Phi) is 6.80. The van der Waals surface area contributed by atoms with Crippen LogP contribution in [0.4, 0.5) is 0 Å². The number of hydrogen-bond donors (Lipinski definition) is 2. The van der Waals surface area contributed by atoms with E-state index < -0.39 is 0 Å². The van der Waals surface area contributed by atoms with Gasteiger partial charge in [-0.05, 0) is 30.5 Å². The van der Waals surface area contributed by atoms with Crippen LogP contribution in [0.25, 0.3) is 0 Å². The number of benzene rings is 1. The minimum atomic E-state index is -0.107. The number of nitrogens with one attached hydrogen (secondary N) is 1. The van der Waals surface area contributed by atoms with E-state index in [2.05, 4.69) is 50.5 Å². The van der Waals surface area contributed by atoms with E-state index in [-0.39, 0.29) is 23.7 Å². The Morgan fingerprint density at radius 3 is 2.54 bits per heavy atom. The third kappa shape index (κ3) is 4.17. The minimum absolute atomic E-state index is 0. The molecule has 0 radical (unpaired) electrons. The molecule has 130 valence electrons. The van der Waals surface area contributed by atoms with Crippen LogP contribution in [0.1, 0.15) is 46.7 Å². The number of rotatable bonds is 5. The van der Waals surface area contributed by atoms with Gasteiger partial charge in [0, 0.05) is 28.4 Å². The molecular formula is C17H21BrClN3OS. The van der Waals surface area contributed by atoms with Gasteiger partial charge in [0.2, 0.25) is 0 Å². The van der Waals surface area contributed by atoms with Gasteiger partial charge in [-0.15, -0.1) is 23.7 Å². The lowest BCUT2D eigenvalue weighted by molar-refractivity contribution is 0.0938. The van der Waals surface area contributed by atoms with Gasteiger partial charge < -0.3 is 11.1 Å². The second-order valence-electron chi connectivity index (χ2n) is 6.01. The molecule has 1 aliphatic rings. The first-order valence-corrected chi connectivity index (χ1v) is 9.49. The Morgan fingerprint density at radius 2 is 1.96 bits per heavy atom. The van der Waals surface area contributed by atoms with E-state index in [1.165, 1.54) is 29.7 Å². The molecule has 1 aliphatic carbocycles. The average molecular weight is 431 g/mol. The molecule has 0 aliphatic heterocycles. The summed E-state index contributed by atoms with van der Waals surface area (Å²) < 4.78 is 1.08. The van der Waals surface area contributed by atoms with Crippen LogP contribution in [0.3, 0.4) is 0 Å². The average Bonchev–Trinajstić information content (AvgIpc) is 3.23. The van der Waals surface area contributed by atoms with Gasteiger partial charge in [-0.25, -0.2) is 4.98 Å². The molecule has 3 N–H and O–H groups in total. The maximum atomic E-state index is 12.3. The zero-order chi connectivity index (χ0) is 16.3. The molecule has 1 amide bonds. The summed E-state index contributed by atoms with van der Waals surface area (Å²) in [7, 11) is 0. The van der Waals surface area contributed by atoms with Crippen LogP contribution in [-0.4, -0.2) is 17.4 Å². The van der Waals surface area contributed by atoms with Crippen molar-refractivity contribution in [3.05, 3.63) is 50.4 Å². The van der Waals surface area contributed by atoms with E-state index in [9.17, 15) is 4.79 Å². The molecule has 0 atom stereocenters. The van der Waals surface area contributed by atoms with Crippen LogP contribution in [0.15, 0.2) is 34.1 Å². The summed E-state index contributed by atoms with van der Waals surface area (Å²) in [5, 5.41) is 5.65. The lowest BCUT2D eigenvalue weighted by atomic mass is 9.79. The Labute approximate surface area is 160 Å². The Balaban J connectivity index is 0.00000208. The molecule has 1 aromatic heterocycles. The number of halogens is 2. The highest BCUT2D eigenvalue weighted by atomic mass is 79.9. The number of hydrogen-bond acceptors (Lipinski definition) is 4. The van der Waals surface area contributed by atoms with Crippen LogP contribution in [0.5, 0.6) is 0 Å². The predicted octanol–water partition coefficient (Wildman–Crippen LogP) is 4.03. The summed E-state index contributed by atoms with van der Waals surface area (Å²) in [6, 6.07) is 8.48. The van der Waals surface area contributed by atoms with E-state index in [1.807, 2.05) is 0 Å². The molecule has 7 heteroatoms. The molecular weight excluding hydrogens is 410 g/mol. The smallest absolute Gasteiger partial charge is 0.270 e. The number of thiazole rings is 1. The number of aromatic nitrogens is 1. The lowest BCUT2D eigenvalue weighted by Crippen LogP contribution is -2.39. The largest absolute Gasteiger partial charge is 0.350 e. The summed E-state index contributed by atoms with van der Waals surface area (Å²) in [5.41, 5.74) is 7.38. The number of nitrogens with zero attached hydrogens (tertiary/aromatic N) is 1. The highest BCUT2D eigenvalue weighted by Crippen LogP contribution is 2.41. The van der Waals surface area contributed by atoms with Gasteiger partial charge in [0.15, 0.2) is 0 Å². The molecule has 3 rings (SSSR count). The molecule has 24 heavy (non-hydrogen) atoms. The topological polar surface area (TPSA) is 68.0 Å². The lowest BCUT2D eigenvalue weighted by Gasteiger charge is -2.30. The molecule has 0 unspecified atom stereocenters. The van der Waals surface area contributed by atoms with Crippen LogP contribution in [0.2, 0.25) is 0 Å². The van der Waals surface area contributed by atoms with Crippen LogP contribution in [-0.2, 0) is 12.0 Å². The SMILES string of the molecule is Cl.NCc1nc(C(=O)NCC2(c3ccc(Br)cc3)CCCC2)cs1. The van der Waals surface area contributed by atoms with E-state index in [4.69, 9.17) is 5.73 Å². The van der Waals surface area contributed by atoms with Crippen molar-refractivity contribution in [3.8, 4) is 0 Å². The minimum Gasteiger partial charge on any atom is -0.350 e. The number of amides is 1. The maximum absolute atomic E-state index is 12.3. The second-order valence-corrected chi connectivity index (χ2v) is 7.87. The zero-order valence-electron chi connectivity index (χ0n) is 13.3. The van der Waals surface area contributed by atoms with Crippen LogP contribution in [0, 0.1) is 0 Å². The van der Waals surface area contributed by atoms with Gasteiger partial charge in [0.05, 0.1) is 0 Å². The van der Waals surface area contributed by atoms with Crippen molar-refractivity contribution in [2.75, 3.05) is 6.54 Å². The van der Waals surface area contributed by atoms with Crippen molar-refractivity contribution in [3.63, 3.8) is 0 Å². The van der Waals surface area contributed by atoms with E-state index in [0.717, 1.165) is 22.3 Å². The zero-order valence-corrected chi connectivity index (χ0v) is 16.5. The molecule has 1 heterocycles. The predicted molar refractivity (Wildman–Crippen MR) is 104 cm³/mol. The molecule has 4 nitrogen and oxygen atoms in total. The standard InChI is InChI=1S/C17H20BrN3OS.ClH/c18-13-5-3-12(4-6-13)17(7-1-2-8-17)11-20-16(22)14-10-23-15(9-19)21-14;/h3-6,10H,1-2,7-9,11,19H2,(H,20,22);1H. The van der Waals surface area contributed by atoms with Gasteiger partial charge in [-0.3, -0.25) is 4.79 Å². The first-order valence-electron chi connectivity index (χ1n) is 7.82. The Hall–Kier alpha value is -0.950. The van der Waals surface area contributed by atoms with E-state index in [1.54, 1.807) is 5.38 Å². The maximum Gasteiger partial charge on any atom is 0.270 e. The second kappa shape index (κ2) is 8.43. The molecule has 1 fully saturated rings. The van der Waals surface area contributed by atoms with E-state index >= 15 is 0 Å². The number of carbonyl (C=O) groups is 1. The first-order chi connectivity index (χ1) is 11.1. The third-order valence-electron chi connectivity index (χ3n) is 4.56. The van der Waals surface area contributed by atoms with E-state index in [0.29, 0.717) is 18.8 Å². The highest BCUT2D eigenvalue weighted by Gasteiger charge is 2.36. The van der Waals surface area contributed by atoms with Crippen molar-refractivity contribution in [1.82, 2.24) is 10.3 Å². The summed E-state index contributed by atoms with van der Waals surface area (Å²) in [6.07, 6.45) is 4.64. The van der Waals surface area contributed by atoms with Crippen LogP contribution >= 0.6 is 39.7 Å². The van der Waals surface area contributed by atoms with Crippen molar-refractivity contribution >= 4 is 45.6 Å². The third-order valence-corrected chi connectivity index (χ3v) is 5.96. The highest BCUT2D eigenvalue weighted by molar-refractivity contribution is 9.10. The fourth-order valence-electron chi connectivity index (χ4n) is 3.27. The quantitative estimate of drug-likeness (QED) is 0.752. The van der Waals surface area contributed by atoms with Gasteiger partial charge in [-0.2, -0.15) is 0 Å². The molecule has 1 saturated carbocycles. The summed E-state index contributed by atoms with van der Waals surface area (Å²) in [6.45, 7) is 1.03. The fraction of sp³-hybridized carbons (Fsp3) is 0.412. The monoisotopic (exact) mass is 429 g/mol. The number of carbonyl (C=O) groups excluding carboxylic acids is 1. The van der Waals surface area contributed by atoms with Crippen molar-refractivity contribution in [2.24, 2.45) is 5.73 Å². The Bertz CT molecular complexity index is 683. The van der Waals surface area contributed by atoms with Crippen molar-refractivity contribution < 1.29 is 4.79 Å². The molecule has 1 aromatic carbocycles. The Morgan fingerprint density at radius 1 is 1.29 bits per heavy atom.